The molecule has 6 heteroatoms. The lowest BCUT2D eigenvalue weighted by Crippen LogP contribution is -2.31. The number of benzene rings is 2. The van der Waals surface area contributed by atoms with Crippen LogP contribution in [-0.4, -0.2) is 21.8 Å². The van der Waals surface area contributed by atoms with Gasteiger partial charge < -0.3 is 10.1 Å². The number of para-hydroxylation sites is 2. The van der Waals surface area contributed by atoms with Gasteiger partial charge in [0.2, 0.25) is 0 Å². The number of nitrogens with one attached hydrogen (secondary N) is 1. The largest absolute Gasteiger partial charge is 0.481 e. The molecule has 0 fully saturated rings. The summed E-state index contributed by atoms with van der Waals surface area (Å²) in [6.45, 7) is 3.80. The van der Waals surface area contributed by atoms with Crippen LogP contribution in [0.4, 0.5) is 5.82 Å². The van der Waals surface area contributed by atoms with E-state index in [1.807, 2.05) is 78.0 Å². The van der Waals surface area contributed by atoms with Crippen LogP contribution >= 0.6 is 11.8 Å². The fourth-order valence-corrected chi connectivity index (χ4v) is 4.13. The van der Waals surface area contributed by atoms with Crippen molar-refractivity contribution in [2.24, 2.45) is 0 Å². The Labute approximate surface area is 162 Å². The topological polar surface area (TPSA) is 56.2 Å². The Morgan fingerprint density at radius 2 is 1.89 bits per heavy atom. The van der Waals surface area contributed by atoms with Gasteiger partial charge in [0.15, 0.2) is 6.10 Å². The van der Waals surface area contributed by atoms with Gasteiger partial charge >= 0.3 is 0 Å². The molecule has 2 aromatic carbocycles. The van der Waals surface area contributed by atoms with Crippen molar-refractivity contribution < 1.29 is 9.53 Å². The molecule has 1 aliphatic rings. The number of aryl methyl sites for hydroxylation is 1. The number of anilines is 1. The molecule has 138 valence electrons. The monoisotopic (exact) mass is 379 g/mol. The van der Waals surface area contributed by atoms with Crippen LogP contribution in [0, 0.1) is 6.92 Å². The first-order valence-corrected chi connectivity index (χ1v) is 10.1. The molecule has 0 spiro atoms. The smallest absolute Gasteiger partial charge is 0.266 e. The Morgan fingerprint density at radius 3 is 2.67 bits per heavy atom. The van der Waals surface area contributed by atoms with E-state index in [-0.39, 0.29) is 5.91 Å². The molecule has 0 radical (unpaired) electrons. The normalized spacial score (nSPS) is 13.9. The van der Waals surface area contributed by atoms with Crippen LogP contribution in [0.15, 0.2) is 54.6 Å². The van der Waals surface area contributed by atoms with Crippen LogP contribution in [0.2, 0.25) is 0 Å². The van der Waals surface area contributed by atoms with Gasteiger partial charge in [-0.05, 0) is 37.6 Å². The molecule has 4 rings (SSSR count). The first kappa shape index (κ1) is 17.7. The molecule has 1 aromatic heterocycles. The highest BCUT2D eigenvalue weighted by Crippen LogP contribution is 2.36. The number of carbonyl (C=O) groups excluding carboxylic acids is 1. The zero-order valence-corrected chi connectivity index (χ0v) is 16.1. The molecule has 5 nitrogen and oxygen atoms in total. The van der Waals surface area contributed by atoms with Crippen LogP contribution in [0.3, 0.4) is 0 Å². The number of aromatic nitrogens is 2. The number of thioether (sulfide) groups is 1. The summed E-state index contributed by atoms with van der Waals surface area (Å²) in [6.07, 6.45) is -0.614. The molecule has 27 heavy (non-hydrogen) atoms. The van der Waals surface area contributed by atoms with Gasteiger partial charge in [-0.2, -0.15) is 16.9 Å². The maximum atomic E-state index is 12.8. The molecular formula is C21H21N3O2S. The summed E-state index contributed by atoms with van der Waals surface area (Å²) in [5.74, 6) is 2.96. The third-order valence-corrected chi connectivity index (χ3v) is 5.53. The van der Waals surface area contributed by atoms with Gasteiger partial charge in [0.1, 0.15) is 11.6 Å². The van der Waals surface area contributed by atoms with E-state index in [2.05, 4.69) is 5.32 Å². The van der Waals surface area contributed by atoms with Crippen molar-refractivity contribution in [3.05, 3.63) is 71.4 Å². The van der Waals surface area contributed by atoms with E-state index in [1.54, 1.807) is 6.92 Å². The number of amides is 1. The number of rotatable bonds is 5. The SMILES string of the molecule is Cc1ccccc1-n1nc2c(c1NC(=O)[C@H](C)Oc1ccccc1)CSC2. The van der Waals surface area contributed by atoms with Crippen molar-refractivity contribution in [1.82, 2.24) is 9.78 Å². The Bertz CT molecular complexity index is 969. The van der Waals surface area contributed by atoms with E-state index in [1.165, 1.54) is 0 Å². The third-order valence-electron chi connectivity index (χ3n) is 4.56. The Balaban J connectivity index is 1.62. The molecular weight excluding hydrogens is 358 g/mol. The average molecular weight is 379 g/mol. The zero-order valence-electron chi connectivity index (χ0n) is 15.3. The first-order chi connectivity index (χ1) is 13.1. The lowest BCUT2D eigenvalue weighted by Gasteiger charge is -2.17. The number of fused-ring (bicyclic) bond motifs is 1. The second-order valence-corrected chi connectivity index (χ2v) is 7.51. The summed E-state index contributed by atoms with van der Waals surface area (Å²) in [5, 5.41) is 7.82. The number of nitrogens with zero attached hydrogens (tertiary/aromatic N) is 2. The van der Waals surface area contributed by atoms with Crippen molar-refractivity contribution in [3.8, 4) is 11.4 Å². The van der Waals surface area contributed by atoms with E-state index >= 15 is 0 Å². The number of carbonyl (C=O) groups is 1. The second-order valence-electron chi connectivity index (χ2n) is 6.53. The van der Waals surface area contributed by atoms with Gasteiger partial charge in [-0.25, -0.2) is 4.68 Å². The molecule has 2 heterocycles. The van der Waals surface area contributed by atoms with Crippen LogP contribution in [-0.2, 0) is 16.3 Å². The highest BCUT2D eigenvalue weighted by molar-refractivity contribution is 7.98. The summed E-state index contributed by atoms with van der Waals surface area (Å²) in [7, 11) is 0. The maximum Gasteiger partial charge on any atom is 0.266 e. The fourth-order valence-electron chi connectivity index (χ4n) is 3.09. The van der Waals surface area contributed by atoms with Crippen molar-refractivity contribution in [2.45, 2.75) is 31.5 Å². The molecule has 0 saturated carbocycles. The Kier molecular flexibility index (Phi) is 4.90. The number of ether oxygens (including phenoxy) is 1. The van der Waals surface area contributed by atoms with Crippen LogP contribution in [0.1, 0.15) is 23.7 Å². The minimum Gasteiger partial charge on any atom is -0.481 e. The number of hydrogen-bond acceptors (Lipinski definition) is 4. The van der Waals surface area contributed by atoms with Crippen molar-refractivity contribution >= 4 is 23.5 Å². The molecule has 1 aliphatic heterocycles. The van der Waals surface area contributed by atoms with Gasteiger partial charge in [0.05, 0.1) is 11.4 Å². The van der Waals surface area contributed by atoms with E-state index in [0.717, 1.165) is 39.8 Å². The van der Waals surface area contributed by atoms with Crippen molar-refractivity contribution in [1.29, 1.82) is 0 Å². The quantitative estimate of drug-likeness (QED) is 0.717. The predicted molar refractivity (Wildman–Crippen MR) is 108 cm³/mol. The summed E-state index contributed by atoms with van der Waals surface area (Å²) in [4.78, 5) is 12.8. The Hall–Kier alpha value is -2.73. The summed E-state index contributed by atoms with van der Waals surface area (Å²) in [5.41, 5.74) is 4.22. The molecule has 1 amide bonds. The van der Waals surface area contributed by atoms with Gasteiger partial charge in [0, 0.05) is 17.1 Å². The van der Waals surface area contributed by atoms with Gasteiger partial charge in [-0.15, -0.1) is 0 Å². The molecule has 0 bridgehead atoms. The first-order valence-electron chi connectivity index (χ1n) is 8.90. The van der Waals surface area contributed by atoms with Gasteiger partial charge in [-0.3, -0.25) is 4.79 Å². The van der Waals surface area contributed by atoms with E-state index in [0.29, 0.717) is 5.75 Å². The third kappa shape index (κ3) is 3.57. The minimum absolute atomic E-state index is 0.187. The maximum absolute atomic E-state index is 12.8. The molecule has 1 atom stereocenters. The standard InChI is InChI=1S/C21H21N3O2S/c1-14-8-6-7-11-19(14)24-20(17-12-27-13-18(17)23-24)22-21(25)15(2)26-16-9-4-3-5-10-16/h3-11,15H,12-13H2,1-2H3,(H,22,25)/t15-/m0/s1. The van der Waals surface area contributed by atoms with Gasteiger partial charge in [-0.1, -0.05) is 36.4 Å². The summed E-state index contributed by atoms with van der Waals surface area (Å²) < 4.78 is 7.62. The molecule has 1 N–H and O–H groups in total. The fraction of sp³-hybridized carbons (Fsp3) is 0.238. The second kappa shape index (κ2) is 7.48. The van der Waals surface area contributed by atoms with Crippen molar-refractivity contribution in [3.63, 3.8) is 0 Å². The van der Waals surface area contributed by atoms with Crippen LogP contribution in [0.5, 0.6) is 5.75 Å². The average Bonchev–Trinajstić information content (AvgIpc) is 3.25. The highest BCUT2D eigenvalue weighted by Gasteiger charge is 2.26. The molecule has 3 aromatic rings. The lowest BCUT2D eigenvalue weighted by molar-refractivity contribution is -0.122. The molecule has 0 unspecified atom stereocenters. The molecule has 0 saturated heterocycles. The highest BCUT2D eigenvalue weighted by atomic mass is 32.2. The van der Waals surface area contributed by atoms with Crippen LogP contribution < -0.4 is 10.1 Å². The van der Waals surface area contributed by atoms with E-state index in [9.17, 15) is 4.79 Å². The summed E-state index contributed by atoms with van der Waals surface area (Å²) in [6, 6.07) is 17.4. The molecule has 0 aliphatic carbocycles. The van der Waals surface area contributed by atoms with E-state index in [4.69, 9.17) is 9.84 Å². The lowest BCUT2D eigenvalue weighted by atomic mass is 10.2. The zero-order chi connectivity index (χ0) is 18.8. The van der Waals surface area contributed by atoms with Crippen molar-refractivity contribution in [2.75, 3.05) is 5.32 Å². The van der Waals surface area contributed by atoms with E-state index < -0.39 is 6.10 Å². The minimum atomic E-state index is -0.614. The Morgan fingerprint density at radius 1 is 1.15 bits per heavy atom. The number of hydrogen-bond donors (Lipinski definition) is 1. The van der Waals surface area contributed by atoms with Gasteiger partial charge in [0.25, 0.3) is 5.91 Å². The summed E-state index contributed by atoms with van der Waals surface area (Å²) >= 11 is 1.81. The predicted octanol–water partition coefficient (Wildman–Crippen LogP) is 4.33. The van der Waals surface area contributed by atoms with Crippen LogP contribution in [0.25, 0.3) is 5.69 Å².